The van der Waals surface area contributed by atoms with Crippen LogP contribution in [0.1, 0.15) is 6.42 Å². The van der Waals surface area contributed by atoms with Gasteiger partial charge in [0.25, 0.3) is 5.69 Å². The predicted molar refractivity (Wildman–Crippen MR) is 68.2 cm³/mol. The topological polar surface area (TPSA) is 105 Å². The third-order valence-electron chi connectivity index (χ3n) is 2.32. The Morgan fingerprint density at radius 1 is 1.58 bits per heavy atom. The fraction of sp³-hybridized carbons (Fsp3) is 0.364. The molecule has 1 rings (SSSR count). The zero-order valence-corrected chi connectivity index (χ0v) is 10.9. The molecule has 0 fully saturated rings. The van der Waals surface area contributed by atoms with Crippen LogP contribution in [0.3, 0.4) is 0 Å². The van der Waals surface area contributed by atoms with Gasteiger partial charge in [-0.3, -0.25) is 14.9 Å². The summed E-state index contributed by atoms with van der Waals surface area (Å²) in [5.74, 6) is -0.373. The number of nitro benzene ring substituents is 1. The normalized spacial score (nSPS) is 11.7. The third-order valence-corrected chi connectivity index (χ3v) is 2.63. The minimum Gasteiger partial charge on any atom is -0.492 e. The van der Waals surface area contributed by atoms with Crippen molar-refractivity contribution in [1.82, 2.24) is 0 Å². The van der Waals surface area contributed by atoms with Crippen molar-refractivity contribution in [2.24, 2.45) is 5.73 Å². The quantitative estimate of drug-likeness (QED) is 0.483. The maximum absolute atomic E-state index is 11.0. The molecule has 1 aromatic rings. The van der Waals surface area contributed by atoms with Crippen molar-refractivity contribution in [3.63, 3.8) is 0 Å². The Balaban J connectivity index is 2.60. The lowest BCUT2D eigenvalue weighted by Crippen LogP contribution is -2.33. The van der Waals surface area contributed by atoms with E-state index in [-0.39, 0.29) is 29.5 Å². The number of rotatable bonds is 6. The van der Waals surface area contributed by atoms with Crippen LogP contribution in [0.25, 0.3) is 0 Å². The Kier molecular flexibility index (Phi) is 5.53. The summed E-state index contributed by atoms with van der Waals surface area (Å²) in [4.78, 5) is 21.1. The second-order valence-corrected chi connectivity index (χ2v) is 4.05. The van der Waals surface area contributed by atoms with Gasteiger partial charge >= 0.3 is 5.97 Å². The van der Waals surface area contributed by atoms with Crippen molar-refractivity contribution in [2.45, 2.75) is 12.5 Å². The highest BCUT2D eigenvalue weighted by Gasteiger charge is 2.15. The van der Waals surface area contributed by atoms with Crippen LogP contribution >= 0.6 is 11.6 Å². The van der Waals surface area contributed by atoms with Crippen LogP contribution < -0.4 is 10.5 Å². The molecule has 19 heavy (non-hydrogen) atoms. The Bertz CT molecular complexity index is 480. The molecule has 7 nitrogen and oxygen atoms in total. The number of hydrogen-bond donors (Lipinski definition) is 1. The number of carbonyl (C=O) groups excluding carboxylic acids is 1. The Labute approximate surface area is 114 Å². The van der Waals surface area contributed by atoms with Crippen LogP contribution in [0.4, 0.5) is 5.69 Å². The van der Waals surface area contributed by atoms with Crippen LogP contribution in [-0.4, -0.2) is 30.7 Å². The standard InChI is InChI=1S/C11H13ClN2O5/c1-18-11(15)9(13)4-5-19-10-6-7(14(16)17)2-3-8(10)12/h2-3,6,9H,4-5,13H2,1H3. The predicted octanol–water partition coefficient (Wildman–Crippen LogP) is 1.52. The van der Waals surface area contributed by atoms with Gasteiger partial charge in [-0.05, 0) is 6.07 Å². The second-order valence-electron chi connectivity index (χ2n) is 3.64. The molecule has 0 aliphatic heterocycles. The van der Waals surface area contributed by atoms with Gasteiger partial charge in [-0.25, -0.2) is 0 Å². The highest BCUT2D eigenvalue weighted by atomic mass is 35.5. The average Bonchev–Trinajstić information content (AvgIpc) is 2.39. The summed E-state index contributed by atoms with van der Waals surface area (Å²) in [6.45, 7) is 0.0944. The summed E-state index contributed by atoms with van der Waals surface area (Å²) < 4.78 is 9.72. The molecule has 0 aliphatic carbocycles. The van der Waals surface area contributed by atoms with E-state index in [0.717, 1.165) is 0 Å². The minimum atomic E-state index is -0.803. The fourth-order valence-electron chi connectivity index (χ4n) is 1.28. The number of halogens is 1. The van der Waals surface area contributed by atoms with Gasteiger partial charge in [0.05, 0.1) is 29.7 Å². The lowest BCUT2D eigenvalue weighted by molar-refractivity contribution is -0.384. The van der Waals surface area contributed by atoms with E-state index < -0.39 is 16.9 Å². The van der Waals surface area contributed by atoms with Gasteiger partial charge in [0.2, 0.25) is 0 Å². The Hall–Kier alpha value is -1.86. The summed E-state index contributed by atoms with van der Waals surface area (Å²) in [7, 11) is 1.24. The summed E-state index contributed by atoms with van der Waals surface area (Å²) in [5, 5.41) is 10.8. The van der Waals surface area contributed by atoms with E-state index in [2.05, 4.69) is 4.74 Å². The first-order chi connectivity index (χ1) is 8.95. The van der Waals surface area contributed by atoms with Crippen molar-refractivity contribution in [2.75, 3.05) is 13.7 Å². The molecule has 0 aromatic heterocycles. The summed E-state index contributed by atoms with van der Waals surface area (Å²) in [5.41, 5.74) is 5.38. The van der Waals surface area contributed by atoms with E-state index in [1.165, 1.54) is 25.3 Å². The number of nitrogens with two attached hydrogens (primary N) is 1. The Morgan fingerprint density at radius 3 is 2.84 bits per heavy atom. The molecular formula is C11H13ClN2O5. The van der Waals surface area contributed by atoms with E-state index in [0.29, 0.717) is 0 Å². The molecule has 0 bridgehead atoms. The molecule has 2 N–H and O–H groups in total. The van der Waals surface area contributed by atoms with Crippen molar-refractivity contribution in [3.05, 3.63) is 33.3 Å². The molecule has 0 saturated carbocycles. The molecule has 0 radical (unpaired) electrons. The van der Waals surface area contributed by atoms with Crippen LogP contribution in [0.15, 0.2) is 18.2 Å². The van der Waals surface area contributed by atoms with Gasteiger partial charge in [-0.2, -0.15) is 0 Å². The van der Waals surface area contributed by atoms with Gasteiger partial charge in [-0.15, -0.1) is 0 Å². The van der Waals surface area contributed by atoms with E-state index in [4.69, 9.17) is 22.1 Å². The van der Waals surface area contributed by atoms with Crippen molar-refractivity contribution < 1.29 is 19.2 Å². The summed E-state index contributed by atoms with van der Waals surface area (Å²) >= 11 is 5.84. The number of nitrogens with zero attached hydrogens (tertiary/aromatic N) is 1. The highest BCUT2D eigenvalue weighted by molar-refractivity contribution is 6.32. The lowest BCUT2D eigenvalue weighted by Gasteiger charge is -2.11. The fourth-order valence-corrected chi connectivity index (χ4v) is 1.45. The first kappa shape index (κ1) is 15.2. The van der Waals surface area contributed by atoms with Crippen molar-refractivity contribution in [3.8, 4) is 5.75 Å². The number of methoxy groups -OCH3 is 1. The molecule has 104 valence electrons. The number of nitro groups is 1. The number of ether oxygens (including phenoxy) is 2. The molecule has 0 spiro atoms. The smallest absolute Gasteiger partial charge is 0.322 e. The highest BCUT2D eigenvalue weighted by Crippen LogP contribution is 2.28. The zero-order valence-electron chi connectivity index (χ0n) is 10.2. The van der Waals surface area contributed by atoms with E-state index in [1.807, 2.05) is 0 Å². The molecule has 8 heteroatoms. The third kappa shape index (κ3) is 4.38. The molecule has 1 aromatic carbocycles. The average molecular weight is 289 g/mol. The SMILES string of the molecule is COC(=O)C(N)CCOc1cc([N+](=O)[O-])ccc1Cl. The molecule has 1 unspecified atom stereocenters. The van der Waals surface area contributed by atoms with Gasteiger partial charge in [0, 0.05) is 12.5 Å². The summed E-state index contributed by atoms with van der Waals surface area (Å²) in [6.07, 6.45) is 0.214. The number of hydrogen-bond acceptors (Lipinski definition) is 6. The maximum atomic E-state index is 11.0. The number of esters is 1. The minimum absolute atomic E-state index is 0.0944. The summed E-state index contributed by atoms with van der Waals surface area (Å²) in [6, 6.07) is 3.05. The van der Waals surface area contributed by atoms with Crippen molar-refractivity contribution >= 4 is 23.3 Å². The van der Waals surface area contributed by atoms with Crippen molar-refractivity contribution in [1.29, 1.82) is 0 Å². The van der Waals surface area contributed by atoms with E-state index in [9.17, 15) is 14.9 Å². The molecule has 0 amide bonds. The first-order valence-electron chi connectivity index (χ1n) is 5.36. The first-order valence-corrected chi connectivity index (χ1v) is 5.73. The molecule has 0 heterocycles. The van der Waals surface area contributed by atoms with E-state index in [1.54, 1.807) is 0 Å². The molecule has 1 atom stereocenters. The lowest BCUT2D eigenvalue weighted by atomic mass is 10.2. The van der Waals surface area contributed by atoms with Crippen LogP contribution in [0.2, 0.25) is 5.02 Å². The molecule has 0 aliphatic rings. The Morgan fingerprint density at radius 2 is 2.26 bits per heavy atom. The zero-order chi connectivity index (χ0) is 14.4. The van der Waals surface area contributed by atoms with Gasteiger partial charge < -0.3 is 15.2 Å². The number of non-ortho nitro benzene ring substituents is 1. The number of benzene rings is 1. The van der Waals surface area contributed by atoms with Gasteiger partial charge in [-0.1, -0.05) is 11.6 Å². The van der Waals surface area contributed by atoms with Crippen LogP contribution in [-0.2, 0) is 9.53 Å². The van der Waals surface area contributed by atoms with Crippen LogP contribution in [0.5, 0.6) is 5.75 Å². The number of carbonyl (C=O) groups is 1. The monoisotopic (exact) mass is 288 g/mol. The molecule has 0 saturated heterocycles. The van der Waals surface area contributed by atoms with Gasteiger partial charge in [0.15, 0.2) is 0 Å². The van der Waals surface area contributed by atoms with Gasteiger partial charge in [0.1, 0.15) is 11.8 Å². The molecular weight excluding hydrogens is 276 g/mol. The van der Waals surface area contributed by atoms with Crippen LogP contribution in [0, 0.1) is 10.1 Å². The second kappa shape index (κ2) is 6.91. The van der Waals surface area contributed by atoms with E-state index >= 15 is 0 Å². The maximum Gasteiger partial charge on any atom is 0.322 e. The largest absolute Gasteiger partial charge is 0.492 e.